The van der Waals surface area contributed by atoms with E-state index in [0.717, 1.165) is 25.1 Å². The van der Waals surface area contributed by atoms with E-state index in [9.17, 15) is 4.79 Å². The highest BCUT2D eigenvalue weighted by atomic mass is 16.6. The molecule has 6 nitrogen and oxygen atoms in total. The SMILES string of the molecule is CCn1cncc1COC1(CC)CCN(C(=O)OC(C)(C)C)C1. The molecule has 1 amide bonds. The lowest BCUT2D eigenvalue weighted by atomic mass is 10.00. The van der Waals surface area contributed by atoms with Crippen molar-refractivity contribution < 1.29 is 14.3 Å². The minimum atomic E-state index is -0.469. The average Bonchev–Trinajstić information content (AvgIpc) is 3.10. The number of aryl methyl sites for hydroxylation is 1. The predicted molar refractivity (Wildman–Crippen MR) is 88.1 cm³/mol. The number of hydrogen-bond acceptors (Lipinski definition) is 4. The third-order valence-electron chi connectivity index (χ3n) is 4.28. The van der Waals surface area contributed by atoms with Crippen LogP contribution in [0.2, 0.25) is 0 Å². The van der Waals surface area contributed by atoms with Crippen molar-refractivity contribution in [2.45, 2.75) is 71.8 Å². The van der Waals surface area contributed by atoms with Gasteiger partial charge in [-0.15, -0.1) is 0 Å². The Hall–Kier alpha value is -1.56. The van der Waals surface area contributed by atoms with Crippen molar-refractivity contribution in [3.05, 3.63) is 18.2 Å². The van der Waals surface area contributed by atoms with Crippen molar-refractivity contribution >= 4 is 6.09 Å². The van der Waals surface area contributed by atoms with Gasteiger partial charge in [0.15, 0.2) is 0 Å². The first kappa shape index (κ1) is 17.8. The molecule has 0 radical (unpaired) electrons. The highest BCUT2D eigenvalue weighted by molar-refractivity contribution is 5.68. The Morgan fingerprint density at radius 1 is 1.39 bits per heavy atom. The molecule has 0 aromatic carbocycles. The summed E-state index contributed by atoms with van der Waals surface area (Å²) in [5.41, 5.74) is 0.305. The molecule has 0 N–H and O–H groups in total. The molecular formula is C17H29N3O3. The van der Waals surface area contributed by atoms with E-state index in [4.69, 9.17) is 9.47 Å². The predicted octanol–water partition coefficient (Wildman–Crippen LogP) is 3.21. The topological polar surface area (TPSA) is 56.6 Å². The Bertz CT molecular complexity index is 535. The number of hydrogen-bond donors (Lipinski definition) is 0. The van der Waals surface area contributed by atoms with Crippen molar-refractivity contribution in [2.75, 3.05) is 13.1 Å². The maximum absolute atomic E-state index is 12.2. The van der Waals surface area contributed by atoms with Crippen molar-refractivity contribution in [1.82, 2.24) is 14.5 Å². The minimum absolute atomic E-state index is 0.255. The lowest BCUT2D eigenvalue weighted by Gasteiger charge is -2.29. The fourth-order valence-electron chi connectivity index (χ4n) is 2.82. The Kier molecular flexibility index (Phi) is 5.34. The van der Waals surface area contributed by atoms with Crippen LogP contribution < -0.4 is 0 Å². The van der Waals surface area contributed by atoms with E-state index in [1.807, 2.05) is 33.3 Å². The molecule has 0 saturated carbocycles. The van der Waals surface area contributed by atoms with Gasteiger partial charge in [0.1, 0.15) is 5.60 Å². The maximum Gasteiger partial charge on any atom is 0.410 e. The molecule has 1 aliphatic heterocycles. The lowest BCUT2D eigenvalue weighted by molar-refractivity contribution is -0.0548. The molecule has 1 atom stereocenters. The summed E-state index contributed by atoms with van der Waals surface area (Å²) in [7, 11) is 0. The first-order valence-corrected chi connectivity index (χ1v) is 8.39. The second-order valence-corrected chi connectivity index (χ2v) is 7.15. The number of carbonyl (C=O) groups is 1. The van der Waals surface area contributed by atoms with Gasteiger partial charge in [-0.2, -0.15) is 0 Å². The first-order chi connectivity index (χ1) is 10.8. The van der Waals surface area contributed by atoms with Gasteiger partial charge in [0.2, 0.25) is 0 Å². The van der Waals surface area contributed by atoms with Gasteiger partial charge in [-0.05, 0) is 40.5 Å². The number of ether oxygens (including phenoxy) is 2. The summed E-state index contributed by atoms with van der Waals surface area (Å²) in [6.07, 6.45) is 5.11. The Morgan fingerprint density at radius 2 is 2.13 bits per heavy atom. The van der Waals surface area contributed by atoms with Gasteiger partial charge in [-0.3, -0.25) is 0 Å². The number of likely N-dealkylation sites (tertiary alicyclic amines) is 1. The first-order valence-electron chi connectivity index (χ1n) is 8.39. The van der Waals surface area contributed by atoms with Gasteiger partial charge in [0.05, 0.1) is 37.0 Å². The fourth-order valence-corrected chi connectivity index (χ4v) is 2.82. The van der Waals surface area contributed by atoms with Crippen LogP contribution in [0.4, 0.5) is 4.79 Å². The van der Waals surface area contributed by atoms with Crippen LogP contribution in [0.15, 0.2) is 12.5 Å². The minimum Gasteiger partial charge on any atom is -0.444 e. The molecule has 6 heteroatoms. The Labute approximate surface area is 138 Å². The van der Waals surface area contributed by atoms with Gasteiger partial charge >= 0.3 is 6.09 Å². The van der Waals surface area contributed by atoms with Gasteiger partial charge in [0, 0.05) is 13.1 Å². The third kappa shape index (κ3) is 4.47. The van der Waals surface area contributed by atoms with E-state index in [-0.39, 0.29) is 11.7 Å². The van der Waals surface area contributed by atoms with Crippen LogP contribution >= 0.6 is 0 Å². The Balaban J connectivity index is 1.96. The zero-order chi connectivity index (χ0) is 17.1. The molecule has 1 aromatic heterocycles. The summed E-state index contributed by atoms with van der Waals surface area (Å²) in [5, 5.41) is 0. The van der Waals surface area contributed by atoms with E-state index < -0.39 is 5.60 Å². The van der Waals surface area contributed by atoms with Crippen molar-refractivity contribution in [1.29, 1.82) is 0 Å². The third-order valence-corrected chi connectivity index (χ3v) is 4.28. The summed E-state index contributed by atoms with van der Waals surface area (Å²) in [6.45, 7) is 12.5. The molecule has 2 heterocycles. The molecule has 1 fully saturated rings. The molecular weight excluding hydrogens is 294 g/mol. The molecule has 0 bridgehead atoms. The number of imidazole rings is 1. The quantitative estimate of drug-likeness (QED) is 0.835. The van der Waals surface area contributed by atoms with Crippen molar-refractivity contribution in [3.63, 3.8) is 0 Å². The largest absolute Gasteiger partial charge is 0.444 e. The summed E-state index contributed by atoms with van der Waals surface area (Å²) in [6, 6.07) is 0. The van der Waals surface area contributed by atoms with E-state index in [1.165, 1.54) is 0 Å². The van der Waals surface area contributed by atoms with E-state index in [0.29, 0.717) is 19.7 Å². The van der Waals surface area contributed by atoms with Crippen LogP contribution in [-0.2, 0) is 22.6 Å². The zero-order valence-electron chi connectivity index (χ0n) is 15.0. The second kappa shape index (κ2) is 6.91. The second-order valence-electron chi connectivity index (χ2n) is 7.15. The van der Waals surface area contributed by atoms with Crippen LogP contribution in [0, 0.1) is 0 Å². The van der Waals surface area contributed by atoms with Crippen LogP contribution in [-0.4, -0.2) is 44.8 Å². The number of rotatable bonds is 5. The highest BCUT2D eigenvalue weighted by Gasteiger charge is 2.41. The van der Waals surface area contributed by atoms with Crippen LogP contribution in [0.1, 0.15) is 53.2 Å². The molecule has 0 spiro atoms. The van der Waals surface area contributed by atoms with Crippen LogP contribution in [0.5, 0.6) is 0 Å². The zero-order valence-corrected chi connectivity index (χ0v) is 15.0. The fraction of sp³-hybridized carbons (Fsp3) is 0.765. The number of nitrogens with zero attached hydrogens (tertiary/aromatic N) is 3. The van der Waals surface area contributed by atoms with E-state index >= 15 is 0 Å². The number of aromatic nitrogens is 2. The van der Waals surface area contributed by atoms with Gasteiger partial charge in [-0.25, -0.2) is 9.78 Å². The summed E-state index contributed by atoms with van der Waals surface area (Å²) in [5.74, 6) is 0. The maximum atomic E-state index is 12.2. The summed E-state index contributed by atoms with van der Waals surface area (Å²) >= 11 is 0. The molecule has 0 aliphatic carbocycles. The summed E-state index contributed by atoms with van der Waals surface area (Å²) < 4.78 is 13.8. The number of carbonyl (C=O) groups excluding carboxylic acids is 1. The van der Waals surface area contributed by atoms with E-state index in [2.05, 4.69) is 23.4 Å². The molecule has 2 rings (SSSR count). The molecule has 1 unspecified atom stereocenters. The van der Waals surface area contributed by atoms with Crippen LogP contribution in [0.25, 0.3) is 0 Å². The normalized spacial score (nSPS) is 21.7. The average molecular weight is 323 g/mol. The molecule has 23 heavy (non-hydrogen) atoms. The summed E-state index contributed by atoms with van der Waals surface area (Å²) in [4.78, 5) is 18.2. The molecule has 1 aliphatic rings. The van der Waals surface area contributed by atoms with Gasteiger partial charge in [0.25, 0.3) is 0 Å². The standard InChI is InChI=1S/C17H29N3O3/c1-6-17(22-11-14-10-18-13-19(14)7-2)8-9-20(12-17)15(21)23-16(3,4)5/h10,13H,6-9,11-12H2,1-5H3. The van der Waals surface area contributed by atoms with Gasteiger partial charge in [-0.1, -0.05) is 6.92 Å². The molecule has 1 saturated heterocycles. The smallest absolute Gasteiger partial charge is 0.410 e. The van der Waals surface area contributed by atoms with Crippen LogP contribution in [0.3, 0.4) is 0 Å². The Morgan fingerprint density at radius 3 is 2.74 bits per heavy atom. The molecule has 1 aromatic rings. The van der Waals surface area contributed by atoms with E-state index in [1.54, 1.807) is 4.90 Å². The van der Waals surface area contributed by atoms with Crippen molar-refractivity contribution in [3.8, 4) is 0 Å². The molecule has 130 valence electrons. The monoisotopic (exact) mass is 323 g/mol. The van der Waals surface area contributed by atoms with Crippen molar-refractivity contribution in [2.24, 2.45) is 0 Å². The lowest BCUT2D eigenvalue weighted by Crippen LogP contribution is -2.40. The highest BCUT2D eigenvalue weighted by Crippen LogP contribution is 2.31. The number of amides is 1. The van der Waals surface area contributed by atoms with Gasteiger partial charge < -0.3 is 18.9 Å².